The lowest BCUT2D eigenvalue weighted by Gasteiger charge is -2.18. The lowest BCUT2D eigenvalue weighted by atomic mass is 10.1. The molecule has 0 bridgehead atoms. The van der Waals surface area contributed by atoms with Gasteiger partial charge in [0.05, 0.1) is 0 Å². The van der Waals surface area contributed by atoms with E-state index in [1.54, 1.807) is 0 Å². The third-order valence-corrected chi connectivity index (χ3v) is 11.3. The molecule has 0 aliphatic heterocycles. The number of hydrogen-bond donors (Lipinski definition) is 0. The third-order valence-electron chi connectivity index (χ3n) is 11.3. The molecule has 6 nitrogen and oxygen atoms in total. The van der Waals surface area contributed by atoms with Gasteiger partial charge in [0.25, 0.3) is 0 Å². The van der Waals surface area contributed by atoms with Crippen molar-refractivity contribution in [2.24, 2.45) is 0 Å². The summed E-state index contributed by atoms with van der Waals surface area (Å²) < 4.78 is 16.8. The first-order chi connectivity index (χ1) is 30.0. The van der Waals surface area contributed by atoms with Crippen molar-refractivity contribution in [3.8, 4) is 0 Å². The minimum absolute atomic E-state index is 0.0705. The fourth-order valence-electron chi connectivity index (χ4n) is 7.43. The van der Waals surface area contributed by atoms with Crippen molar-refractivity contribution >= 4 is 17.9 Å². The van der Waals surface area contributed by atoms with Gasteiger partial charge >= 0.3 is 17.9 Å². The molecular formula is C55H98O6. The number of esters is 3. The second-order valence-corrected chi connectivity index (χ2v) is 17.4. The molecule has 0 aliphatic carbocycles. The summed E-state index contributed by atoms with van der Waals surface area (Å²) in [6, 6.07) is 0. The molecule has 61 heavy (non-hydrogen) atoms. The van der Waals surface area contributed by atoms with E-state index in [1.807, 2.05) is 0 Å². The molecule has 6 heteroatoms. The molecular weight excluding hydrogens is 757 g/mol. The molecule has 0 aromatic heterocycles. The molecule has 1 unspecified atom stereocenters. The van der Waals surface area contributed by atoms with Crippen LogP contribution < -0.4 is 0 Å². The molecule has 0 fully saturated rings. The second kappa shape index (κ2) is 50.0. The average molecular weight is 855 g/mol. The van der Waals surface area contributed by atoms with Crippen LogP contribution in [0.15, 0.2) is 48.6 Å². The van der Waals surface area contributed by atoms with Gasteiger partial charge < -0.3 is 14.2 Å². The van der Waals surface area contributed by atoms with Crippen LogP contribution in [0, 0.1) is 0 Å². The highest BCUT2D eigenvalue weighted by Gasteiger charge is 2.19. The van der Waals surface area contributed by atoms with E-state index >= 15 is 0 Å². The Morgan fingerprint density at radius 3 is 1.00 bits per heavy atom. The van der Waals surface area contributed by atoms with Crippen molar-refractivity contribution in [1.82, 2.24) is 0 Å². The summed E-state index contributed by atoms with van der Waals surface area (Å²) in [4.78, 5) is 37.8. The summed E-state index contributed by atoms with van der Waals surface area (Å²) in [5.41, 5.74) is 0. The van der Waals surface area contributed by atoms with Crippen LogP contribution in [0.5, 0.6) is 0 Å². The summed E-state index contributed by atoms with van der Waals surface area (Å²) in [5.74, 6) is -0.870. The maximum Gasteiger partial charge on any atom is 0.306 e. The van der Waals surface area contributed by atoms with Crippen molar-refractivity contribution in [2.75, 3.05) is 13.2 Å². The first-order valence-electron chi connectivity index (χ1n) is 26.1. The molecule has 0 rings (SSSR count). The fourth-order valence-corrected chi connectivity index (χ4v) is 7.43. The summed E-state index contributed by atoms with van der Waals surface area (Å²) in [6.07, 6.45) is 59.6. The molecule has 0 saturated heterocycles. The van der Waals surface area contributed by atoms with Gasteiger partial charge in [-0.25, -0.2) is 0 Å². The Morgan fingerprint density at radius 2 is 0.639 bits per heavy atom. The largest absolute Gasteiger partial charge is 0.462 e. The van der Waals surface area contributed by atoms with Crippen molar-refractivity contribution in [2.45, 2.75) is 271 Å². The highest BCUT2D eigenvalue weighted by atomic mass is 16.6. The van der Waals surface area contributed by atoms with Crippen molar-refractivity contribution in [3.05, 3.63) is 48.6 Å². The number of allylic oxidation sites excluding steroid dienone is 8. The van der Waals surface area contributed by atoms with Gasteiger partial charge in [0.2, 0.25) is 0 Å². The minimum atomic E-state index is -0.768. The van der Waals surface area contributed by atoms with E-state index < -0.39 is 6.10 Å². The zero-order chi connectivity index (χ0) is 44.4. The minimum Gasteiger partial charge on any atom is -0.462 e. The van der Waals surface area contributed by atoms with Crippen molar-refractivity contribution < 1.29 is 28.6 Å². The Morgan fingerprint density at radius 1 is 0.344 bits per heavy atom. The van der Waals surface area contributed by atoms with Crippen molar-refractivity contribution in [3.63, 3.8) is 0 Å². The smallest absolute Gasteiger partial charge is 0.306 e. The quantitative estimate of drug-likeness (QED) is 0.0263. The molecule has 354 valence electrons. The van der Waals surface area contributed by atoms with Crippen molar-refractivity contribution in [1.29, 1.82) is 0 Å². The normalized spacial score (nSPS) is 12.4. The highest BCUT2D eigenvalue weighted by Crippen LogP contribution is 2.15. The van der Waals surface area contributed by atoms with Crippen LogP contribution in [-0.4, -0.2) is 37.2 Å². The van der Waals surface area contributed by atoms with Crippen LogP contribution in [0.3, 0.4) is 0 Å². The SMILES string of the molecule is CC/C=C\C/C=C\C/C=C\C/C=C\CCCCCCCCCCCCC(=O)OCC(COC(=O)CCCCCCCCCCCC)OC(=O)CCCCCCCCCCCC. The van der Waals surface area contributed by atoms with Crippen LogP contribution in [0.1, 0.15) is 265 Å². The lowest BCUT2D eigenvalue weighted by molar-refractivity contribution is -0.167. The van der Waals surface area contributed by atoms with Gasteiger partial charge in [-0.05, 0) is 57.8 Å². The molecule has 0 heterocycles. The zero-order valence-electron chi connectivity index (χ0n) is 40.4. The first kappa shape index (κ1) is 58.4. The Balaban J connectivity index is 4.20. The van der Waals surface area contributed by atoms with E-state index in [2.05, 4.69) is 69.4 Å². The van der Waals surface area contributed by atoms with Gasteiger partial charge in [-0.15, -0.1) is 0 Å². The van der Waals surface area contributed by atoms with Crippen LogP contribution in [0.2, 0.25) is 0 Å². The van der Waals surface area contributed by atoms with Crippen LogP contribution in [-0.2, 0) is 28.6 Å². The summed E-state index contributed by atoms with van der Waals surface area (Å²) >= 11 is 0. The molecule has 0 aromatic rings. The number of ether oxygens (including phenoxy) is 3. The summed E-state index contributed by atoms with van der Waals surface area (Å²) in [6.45, 7) is 6.51. The number of carbonyl (C=O) groups excluding carboxylic acids is 3. The Labute approximate surface area is 378 Å². The first-order valence-corrected chi connectivity index (χ1v) is 26.1. The van der Waals surface area contributed by atoms with Gasteiger partial charge in [0.1, 0.15) is 13.2 Å². The molecule has 0 aromatic carbocycles. The molecule has 0 amide bonds. The maximum atomic E-state index is 12.7. The van der Waals surface area contributed by atoms with Gasteiger partial charge in [-0.3, -0.25) is 14.4 Å². The molecule has 0 aliphatic rings. The molecule has 0 spiro atoms. The number of hydrogen-bond acceptors (Lipinski definition) is 6. The molecule has 0 saturated carbocycles. The highest BCUT2D eigenvalue weighted by molar-refractivity contribution is 5.71. The second-order valence-electron chi connectivity index (χ2n) is 17.4. The van der Waals surface area contributed by atoms with Gasteiger partial charge in [-0.2, -0.15) is 0 Å². The predicted octanol–water partition coefficient (Wildman–Crippen LogP) is 17.1. The van der Waals surface area contributed by atoms with Gasteiger partial charge in [-0.1, -0.05) is 236 Å². The molecule has 1 atom stereocenters. The third kappa shape index (κ3) is 48.3. The van der Waals surface area contributed by atoms with E-state index in [0.29, 0.717) is 19.3 Å². The predicted molar refractivity (Wildman–Crippen MR) is 261 cm³/mol. The molecule has 0 N–H and O–H groups in total. The van der Waals surface area contributed by atoms with E-state index in [1.165, 1.54) is 141 Å². The average Bonchev–Trinajstić information content (AvgIpc) is 3.26. The van der Waals surface area contributed by atoms with Gasteiger partial charge in [0.15, 0.2) is 6.10 Å². The standard InChI is InChI=1S/C55H98O6/c1-4-7-10-13-16-19-22-23-24-25-26-27-28-29-30-31-32-33-34-37-39-42-45-48-54(57)60-51-52(61-55(58)49-46-43-40-36-21-18-15-12-9-6-3)50-59-53(56)47-44-41-38-35-20-17-14-11-8-5-2/h7,10,16,19,23-24,26-27,52H,4-6,8-9,11-15,17-18,20-22,25,28-51H2,1-3H3/b10-7-,19-16-,24-23-,27-26-. The summed E-state index contributed by atoms with van der Waals surface area (Å²) in [7, 11) is 0. The van der Waals surface area contributed by atoms with E-state index in [0.717, 1.165) is 83.5 Å². The Kier molecular flexibility index (Phi) is 47.9. The Bertz CT molecular complexity index is 1070. The topological polar surface area (TPSA) is 78.9 Å². The number of carbonyl (C=O) groups is 3. The number of unbranched alkanes of at least 4 members (excludes halogenated alkanes) is 28. The zero-order valence-corrected chi connectivity index (χ0v) is 40.4. The fraction of sp³-hybridized carbons (Fsp3) is 0.800. The van der Waals surface area contributed by atoms with Crippen LogP contribution >= 0.6 is 0 Å². The van der Waals surface area contributed by atoms with Crippen LogP contribution in [0.4, 0.5) is 0 Å². The van der Waals surface area contributed by atoms with E-state index in [4.69, 9.17) is 14.2 Å². The lowest BCUT2D eigenvalue weighted by Crippen LogP contribution is -2.30. The number of rotatable bonds is 47. The van der Waals surface area contributed by atoms with E-state index in [-0.39, 0.29) is 31.1 Å². The van der Waals surface area contributed by atoms with Crippen LogP contribution in [0.25, 0.3) is 0 Å². The van der Waals surface area contributed by atoms with Gasteiger partial charge in [0, 0.05) is 19.3 Å². The monoisotopic (exact) mass is 855 g/mol. The maximum absolute atomic E-state index is 12.7. The Hall–Kier alpha value is -2.63. The summed E-state index contributed by atoms with van der Waals surface area (Å²) in [5, 5.41) is 0. The molecule has 0 radical (unpaired) electrons. The van der Waals surface area contributed by atoms with E-state index in [9.17, 15) is 14.4 Å².